The predicted molar refractivity (Wildman–Crippen MR) is 77.1 cm³/mol. The fourth-order valence-electron chi connectivity index (χ4n) is 2.48. The molecule has 22 heavy (non-hydrogen) atoms. The quantitative estimate of drug-likeness (QED) is 0.145. The Labute approximate surface area is 144 Å². The Morgan fingerprint density at radius 2 is 1.77 bits per heavy atom. The van der Waals surface area contributed by atoms with Gasteiger partial charge in [-0.3, -0.25) is 4.48 Å². The van der Waals surface area contributed by atoms with E-state index in [-0.39, 0.29) is 18.9 Å². The third kappa shape index (κ3) is 6.53. The van der Waals surface area contributed by atoms with Crippen LogP contribution in [0.2, 0.25) is 0 Å². The summed E-state index contributed by atoms with van der Waals surface area (Å²) in [5.41, 5.74) is 0. The molecule has 0 amide bonds. The van der Waals surface area contributed by atoms with Crippen molar-refractivity contribution in [1.29, 1.82) is 0 Å². The zero-order chi connectivity index (χ0) is 16.5. The normalized spacial score (nSPS) is 16.5. The van der Waals surface area contributed by atoms with Crippen LogP contribution < -0.4 is 24.0 Å². The molecule has 0 bridgehead atoms. The van der Waals surface area contributed by atoms with Crippen LogP contribution in [-0.2, 0) is 9.59 Å². The largest absolute Gasteiger partial charge is 1.00 e. The molecule has 2 N–H and O–H groups in total. The maximum absolute atomic E-state index is 11.3. The first-order valence-corrected chi connectivity index (χ1v) is 7.35. The molecule has 0 aliphatic heterocycles. The molecule has 0 rings (SSSR count). The molecule has 0 aromatic rings. The standard InChI is InChI=1S/C15H27NO5.Li/c1-4-5-6-7-8-9-10-16(11-17,12(2)14(18)19)13(3)15(20)21;/h4-5,12-13,17H,6-11H2,1-3H3,(H-,18,19,20,21);/q;+1/b5-4+;. The number of nitrogens with zero attached hydrogens (tertiary/aromatic N) is 1. The van der Waals surface area contributed by atoms with Gasteiger partial charge < -0.3 is 20.1 Å². The van der Waals surface area contributed by atoms with Crippen molar-refractivity contribution in [2.75, 3.05) is 13.3 Å². The summed E-state index contributed by atoms with van der Waals surface area (Å²) in [6, 6.07) is -2.07. The number of hydrogen-bond acceptors (Lipinski definition) is 4. The number of carbonyl (C=O) groups is 2. The van der Waals surface area contributed by atoms with Crippen molar-refractivity contribution in [3.63, 3.8) is 0 Å². The number of quaternary nitrogens is 1. The summed E-state index contributed by atoms with van der Waals surface area (Å²) in [6.07, 6.45) is 7.44. The van der Waals surface area contributed by atoms with Crippen molar-refractivity contribution in [2.45, 2.75) is 58.5 Å². The first kappa shape index (κ1) is 23.5. The van der Waals surface area contributed by atoms with E-state index < -0.39 is 35.2 Å². The van der Waals surface area contributed by atoms with Crippen molar-refractivity contribution in [3.8, 4) is 0 Å². The third-order valence-corrected chi connectivity index (χ3v) is 4.19. The fourth-order valence-corrected chi connectivity index (χ4v) is 2.48. The van der Waals surface area contributed by atoms with Crippen molar-refractivity contribution in [2.24, 2.45) is 0 Å². The molecule has 0 aromatic carbocycles. The van der Waals surface area contributed by atoms with E-state index in [2.05, 4.69) is 6.08 Å². The number of rotatable bonds is 11. The van der Waals surface area contributed by atoms with Crippen LogP contribution in [0.25, 0.3) is 0 Å². The minimum atomic E-state index is -1.34. The Bertz CT molecular complexity index is 353. The topological polar surface area (TPSA) is 97.7 Å². The molecule has 3 unspecified atom stereocenters. The second-order valence-electron chi connectivity index (χ2n) is 5.40. The molecule has 6 nitrogen and oxygen atoms in total. The van der Waals surface area contributed by atoms with Crippen LogP contribution in [-0.4, -0.2) is 52.0 Å². The Morgan fingerprint density at radius 3 is 2.18 bits per heavy atom. The van der Waals surface area contributed by atoms with Gasteiger partial charge in [0.1, 0.15) is 6.04 Å². The average molecular weight is 308 g/mol. The Morgan fingerprint density at radius 1 is 1.18 bits per heavy atom. The molecule has 0 aliphatic rings. The second-order valence-corrected chi connectivity index (χ2v) is 5.40. The first-order chi connectivity index (χ1) is 9.83. The predicted octanol–water partition coefficient (Wildman–Crippen LogP) is -2.49. The second kappa shape index (κ2) is 11.7. The van der Waals surface area contributed by atoms with E-state index in [9.17, 15) is 24.9 Å². The van der Waals surface area contributed by atoms with Gasteiger partial charge in [0.25, 0.3) is 0 Å². The summed E-state index contributed by atoms with van der Waals surface area (Å²) in [7, 11) is 0. The number of carboxylic acid groups (broad SMARTS) is 2. The number of carbonyl (C=O) groups excluding carboxylic acids is 1. The minimum Gasteiger partial charge on any atom is -0.544 e. The maximum Gasteiger partial charge on any atom is 1.00 e. The van der Waals surface area contributed by atoms with Crippen molar-refractivity contribution < 1.29 is 48.3 Å². The summed E-state index contributed by atoms with van der Waals surface area (Å²) < 4.78 is -0.402. The van der Waals surface area contributed by atoms with Crippen LogP contribution in [0.3, 0.4) is 0 Å². The molecule has 7 heteroatoms. The zero-order valence-electron chi connectivity index (χ0n) is 14.1. The SMILES string of the molecule is C/C=C/CCCCC[N+](CO)(C(C)C(=O)[O-])C(C)C(=O)O.[Li+]. The molecule has 0 fully saturated rings. The van der Waals surface area contributed by atoms with Gasteiger partial charge in [-0.05, 0) is 46.5 Å². The summed E-state index contributed by atoms with van der Waals surface area (Å²) in [6.45, 7) is 4.54. The fraction of sp³-hybridized carbons (Fsp3) is 0.733. The zero-order valence-corrected chi connectivity index (χ0v) is 14.1. The third-order valence-electron chi connectivity index (χ3n) is 4.19. The molecule has 0 saturated heterocycles. The van der Waals surface area contributed by atoms with E-state index in [4.69, 9.17) is 0 Å². The molecule has 3 atom stereocenters. The van der Waals surface area contributed by atoms with Gasteiger partial charge in [-0.1, -0.05) is 12.2 Å². The van der Waals surface area contributed by atoms with Crippen molar-refractivity contribution in [3.05, 3.63) is 12.2 Å². The molecule has 122 valence electrons. The first-order valence-electron chi connectivity index (χ1n) is 7.35. The Kier molecular flexibility index (Phi) is 12.5. The molecular formula is C15H27LiNO5+. The Balaban J connectivity index is 0. The van der Waals surface area contributed by atoms with Gasteiger partial charge in [-0.25, -0.2) is 4.79 Å². The van der Waals surface area contributed by atoms with Gasteiger partial charge in [0.2, 0.25) is 0 Å². The minimum absolute atomic E-state index is 0. The van der Waals surface area contributed by atoms with Crippen molar-refractivity contribution >= 4 is 11.9 Å². The smallest absolute Gasteiger partial charge is 0.544 e. The number of allylic oxidation sites excluding steroid dienone is 2. The van der Waals surface area contributed by atoms with E-state index in [0.29, 0.717) is 13.0 Å². The van der Waals surface area contributed by atoms with Crippen LogP contribution in [0.5, 0.6) is 0 Å². The van der Waals surface area contributed by atoms with Gasteiger partial charge in [0, 0.05) is 0 Å². The molecule has 0 heterocycles. The number of carboxylic acids is 2. The van der Waals surface area contributed by atoms with E-state index in [1.165, 1.54) is 13.8 Å². The van der Waals surface area contributed by atoms with E-state index in [1.807, 2.05) is 13.0 Å². The van der Waals surface area contributed by atoms with E-state index in [0.717, 1.165) is 19.3 Å². The number of aliphatic hydroxyl groups excluding tert-OH is 1. The van der Waals surface area contributed by atoms with Crippen LogP contribution in [0, 0.1) is 0 Å². The molecule has 0 aliphatic carbocycles. The summed E-state index contributed by atoms with van der Waals surface area (Å²) >= 11 is 0. The van der Waals surface area contributed by atoms with Crippen LogP contribution in [0.4, 0.5) is 0 Å². The van der Waals surface area contributed by atoms with Gasteiger partial charge in [-0.15, -0.1) is 0 Å². The average Bonchev–Trinajstić information content (AvgIpc) is 2.45. The summed E-state index contributed by atoms with van der Waals surface area (Å²) in [5.74, 6) is -2.46. The van der Waals surface area contributed by atoms with Gasteiger partial charge in [0.05, 0.1) is 12.5 Å². The summed E-state index contributed by atoms with van der Waals surface area (Å²) in [5, 5.41) is 30.0. The molecule has 0 radical (unpaired) electrons. The summed E-state index contributed by atoms with van der Waals surface area (Å²) in [4.78, 5) is 22.4. The number of aliphatic carboxylic acids is 2. The van der Waals surface area contributed by atoms with Crippen LogP contribution in [0.1, 0.15) is 46.5 Å². The Hall–Kier alpha value is -0.803. The van der Waals surface area contributed by atoms with Crippen LogP contribution in [0.15, 0.2) is 12.2 Å². The van der Waals surface area contributed by atoms with Crippen molar-refractivity contribution in [1.82, 2.24) is 0 Å². The van der Waals surface area contributed by atoms with Gasteiger partial charge >= 0.3 is 24.8 Å². The molecule has 0 saturated carbocycles. The number of hydrogen-bond donors (Lipinski definition) is 2. The van der Waals surface area contributed by atoms with E-state index >= 15 is 0 Å². The van der Waals surface area contributed by atoms with Gasteiger partial charge in [-0.2, -0.15) is 0 Å². The number of unbranched alkanes of at least 4 members (excludes halogenated alkanes) is 3. The monoisotopic (exact) mass is 308 g/mol. The molecule has 0 spiro atoms. The van der Waals surface area contributed by atoms with Gasteiger partial charge in [0.15, 0.2) is 12.8 Å². The molecule has 0 aromatic heterocycles. The van der Waals surface area contributed by atoms with Crippen LogP contribution >= 0.6 is 0 Å². The van der Waals surface area contributed by atoms with E-state index in [1.54, 1.807) is 0 Å². The number of aliphatic hydroxyl groups is 1. The molecular weight excluding hydrogens is 281 g/mol. The maximum atomic E-state index is 11.3.